The number of hydrogen-bond donors (Lipinski definition) is 2. The molecule has 1 aromatic rings. The predicted molar refractivity (Wildman–Crippen MR) is 77.3 cm³/mol. The van der Waals surface area contributed by atoms with E-state index >= 15 is 0 Å². The highest BCUT2D eigenvalue weighted by Crippen LogP contribution is 2.35. The molecule has 1 aromatic carbocycles. The fourth-order valence-electron chi connectivity index (χ4n) is 1.48. The molecule has 0 aliphatic heterocycles. The van der Waals surface area contributed by atoms with E-state index in [1.54, 1.807) is 27.7 Å². The fourth-order valence-corrected chi connectivity index (χ4v) is 3.57. The number of benzene rings is 1. The summed E-state index contributed by atoms with van der Waals surface area (Å²) in [6, 6.07) is 3.77. The third kappa shape index (κ3) is 3.18. The highest BCUT2D eigenvalue weighted by atomic mass is 127. The molecule has 0 unspecified atom stereocenters. The first kappa shape index (κ1) is 14.4. The molecule has 2 N–H and O–H groups in total. The lowest BCUT2D eigenvalue weighted by atomic mass is 9.91. The van der Waals surface area contributed by atoms with E-state index in [2.05, 4.69) is 38.5 Å². The Balaban J connectivity index is 3.51. The molecule has 0 radical (unpaired) electrons. The van der Waals surface area contributed by atoms with Gasteiger partial charge >= 0.3 is 0 Å². The predicted octanol–water partition coefficient (Wildman–Crippen LogP) is 3.51. The summed E-state index contributed by atoms with van der Waals surface area (Å²) in [5.41, 5.74) is -0.195. The Labute approximate surface area is 118 Å². The van der Waals surface area contributed by atoms with Crippen molar-refractivity contribution < 1.29 is 10.2 Å². The molecule has 16 heavy (non-hydrogen) atoms. The van der Waals surface area contributed by atoms with Crippen LogP contribution in [0.4, 0.5) is 0 Å². The van der Waals surface area contributed by atoms with E-state index in [4.69, 9.17) is 0 Å². The molecular weight excluding hydrogens is 383 g/mol. The Morgan fingerprint density at radius 2 is 1.31 bits per heavy atom. The second kappa shape index (κ2) is 4.55. The number of hydrogen-bond acceptors (Lipinski definition) is 2. The quantitative estimate of drug-likeness (QED) is 0.748. The molecule has 0 saturated carbocycles. The summed E-state index contributed by atoms with van der Waals surface area (Å²) >= 11 is 5.57. The van der Waals surface area contributed by atoms with Crippen molar-refractivity contribution in [3.63, 3.8) is 0 Å². The van der Waals surface area contributed by atoms with Gasteiger partial charge in [0.2, 0.25) is 0 Å². The van der Waals surface area contributed by atoms with Gasteiger partial charge in [-0.1, -0.05) is 15.9 Å². The molecule has 0 saturated heterocycles. The summed E-state index contributed by atoms with van der Waals surface area (Å²) in [5.74, 6) is 0. The van der Waals surface area contributed by atoms with Crippen LogP contribution in [-0.4, -0.2) is 10.2 Å². The molecule has 0 bridgehead atoms. The molecule has 0 aliphatic rings. The van der Waals surface area contributed by atoms with Gasteiger partial charge in [-0.05, 0) is 73.5 Å². The van der Waals surface area contributed by atoms with E-state index < -0.39 is 11.2 Å². The van der Waals surface area contributed by atoms with Crippen LogP contribution in [0.5, 0.6) is 0 Å². The average Bonchev–Trinajstić information content (AvgIpc) is 2.04. The van der Waals surface area contributed by atoms with Crippen LogP contribution in [0.1, 0.15) is 38.8 Å². The Morgan fingerprint density at radius 3 is 1.56 bits per heavy atom. The SMILES string of the molecule is CC(C)(O)c1cc(Br)cc(C(C)(C)O)c1I. The van der Waals surface area contributed by atoms with Gasteiger partial charge in [0.25, 0.3) is 0 Å². The molecule has 0 heterocycles. The number of halogens is 2. The van der Waals surface area contributed by atoms with Gasteiger partial charge < -0.3 is 10.2 Å². The summed E-state index contributed by atoms with van der Waals surface area (Å²) in [6.07, 6.45) is 0. The smallest absolute Gasteiger partial charge is 0.0851 e. The van der Waals surface area contributed by atoms with Crippen molar-refractivity contribution in [2.45, 2.75) is 38.9 Å². The fraction of sp³-hybridized carbons (Fsp3) is 0.500. The molecule has 0 aliphatic carbocycles. The first-order valence-electron chi connectivity index (χ1n) is 4.98. The summed E-state index contributed by atoms with van der Waals surface area (Å²) in [6.45, 7) is 6.96. The summed E-state index contributed by atoms with van der Waals surface area (Å²) in [5, 5.41) is 20.2. The third-order valence-corrected chi connectivity index (χ3v) is 3.98. The molecule has 0 amide bonds. The highest BCUT2D eigenvalue weighted by molar-refractivity contribution is 14.1. The van der Waals surface area contributed by atoms with Gasteiger partial charge in [-0.15, -0.1) is 0 Å². The first-order chi connectivity index (χ1) is 7.03. The van der Waals surface area contributed by atoms with Crippen LogP contribution in [0, 0.1) is 3.57 Å². The second-order valence-corrected chi connectivity index (χ2v) is 6.93. The van der Waals surface area contributed by atoms with Crippen molar-refractivity contribution in [2.24, 2.45) is 0 Å². The zero-order valence-electron chi connectivity index (χ0n) is 9.81. The van der Waals surface area contributed by atoms with Crippen LogP contribution < -0.4 is 0 Å². The molecule has 90 valence electrons. The van der Waals surface area contributed by atoms with E-state index in [1.165, 1.54) is 0 Å². The van der Waals surface area contributed by atoms with Gasteiger partial charge in [0.05, 0.1) is 11.2 Å². The molecular formula is C12H16BrIO2. The van der Waals surface area contributed by atoms with Crippen molar-refractivity contribution >= 4 is 38.5 Å². The first-order valence-corrected chi connectivity index (χ1v) is 6.85. The average molecular weight is 399 g/mol. The van der Waals surface area contributed by atoms with Gasteiger partial charge in [-0.2, -0.15) is 0 Å². The molecule has 4 heteroatoms. The summed E-state index contributed by atoms with van der Waals surface area (Å²) in [7, 11) is 0. The van der Waals surface area contributed by atoms with E-state index in [-0.39, 0.29) is 0 Å². The van der Waals surface area contributed by atoms with Crippen LogP contribution in [-0.2, 0) is 11.2 Å². The van der Waals surface area contributed by atoms with Crippen LogP contribution in [0.3, 0.4) is 0 Å². The molecule has 0 atom stereocenters. The second-order valence-electron chi connectivity index (χ2n) is 4.93. The Bertz CT molecular complexity index is 367. The van der Waals surface area contributed by atoms with Crippen molar-refractivity contribution in [3.05, 3.63) is 31.3 Å². The van der Waals surface area contributed by atoms with Crippen LogP contribution >= 0.6 is 38.5 Å². The molecule has 0 aromatic heterocycles. The van der Waals surface area contributed by atoms with Gasteiger partial charge in [-0.25, -0.2) is 0 Å². The summed E-state index contributed by atoms with van der Waals surface area (Å²) < 4.78 is 1.77. The summed E-state index contributed by atoms with van der Waals surface area (Å²) in [4.78, 5) is 0. The van der Waals surface area contributed by atoms with Gasteiger partial charge in [0.15, 0.2) is 0 Å². The van der Waals surface area contributed by atoms with Crippen LogP contribution in [0.25, 0.3) is 0 Å². The van der Waals surface area contributed by atoms with Crippen molar-refractivity contribution in [3.8, 4) is 0 Å². The Hall–Kier alpha value is 0.350. The molecule has 0 spiro atoms. The maximum absolute atomic E-state index is 10.1. The lowest BCUT2D eigenvalue weighted by Crippen LogP contribution is -2.23. The minimum absolute atomic E-state index is 0.819. The van der Waals surface area contributed by atoms with Gasteiger partial charge in [0.1, 0.15) is 0 Å². The standard InChI is InChI=1S/C12H16BrIO2/c1-11(2,15)8-5-7(13)6-9(10(8)14)12(3,4)16/h5-6,15-16H,1-4H3. The maximum Gasteiger partial charge on any atom is 0.0851 e. The van der Waals surface area contributed by atoms with E-state index in [9.17, 15) is 10.2 Å². The van der Waals surface area contributed by atoms with Crippen molar-refractivity contribution in [1.29, 1.82) is 0 Å². The van der Waals surface area contributed by atoms with E-state index in [0.29, 0.717) is 0 Å². The topological polar surface area (TPSA) is 40.5 Å². The van der Waals surface area contributed by atoms with Crippen molar-refractivity contribution in [2.75, 3.05) is 0 Å². The van der Waals surface area contributed by atoms with Crippen molar-refractivity contribution in [1.82, 2.24) is 0 Å². The lowest BCUT2D eigenvalue weighted by Gasteiger charge is -2.26. The minimum atomic E-state index is -0.916. The van der Waals surface area contributed by atoms with E-state index in [1.807, 2.05) is 12.1 Å². The Morgan fingerprint density at radius 1 is 1.00 bits per heavy atom. The van der Waals surface area contributed by atoms with Crippen LogP contribution in [0.15, 0.2) is 16.6 Å². The molecule has 2 nitrogen and oxygen atoms in total. The largest absolute Gasteiger partial charge is 0.386 e. The maximum atomic E-state index is 10.1. The normalized spacial score (nSPS) is 13.0. The lowest BCUT2D eigenvalue weighted by molar-refractivity contribution is 0.0699. The van der Waals surface area contributed by atoms with Gasteiger partial charge in [-0.3, -0.25) is 0 Å². The van der Waals surface area contributed by atoms with E-state index in [0.717, 1.165) is 19.2 Å². The molecule has 0 fully saturated rings. The Kier molecular flexibility index (Phi) is 4.10. The zero-order chi connectivity index (χ0) is 12.7. The minimum Gasteiger partial charge on any atom is -0.386 e. The number of rotatable bonds is 2. The monoisotopic (exact) mass is 398 g/mol. The zero-order valence-corrected chi connectivity index (χ0v) is 13.5. The highest BCUT2D eigenvalue weighted by Gasteiger charge is 2.27. The third-order valence-electron chi connectivity index (χ3n) is 2.36. The van der Waals surface area contributed by atoms with Gasteiger partial charge in [0, 0.05) is 8.04 Å². The number of aliphatic hydroxyl groups is 2. The molecule has 1 rings (SSSR count). The van der Waals surface area contributed by atoms with Crippen LogP contribution in [0.2, 0.25) is 0 Å².